The van der Waals surface area contributed by atoms with Crippen LogP contribution in [0.1, 0.15) is 5.56 Å². The zero-order valence-corrected chi connectivity index (χ0v) is 18.6. The van der Waals surface area contributed by atoms with Crippen molar-refractivity contribution in [1.82, 2.24) is 0 Å². The number of rotatable bonds is 3. The van der Waals surface area contributed by atoms with E-state index in [1.165, 1.54) is 60.5 Å². The van der Waals surface area contributed by atoms with Crippen LogP contribution in [0, 0.1) is 6.92 Å². The van der Waals surface area contributed by atoms with Gasteiger partial charge in [0.15, 0.2) is 0 Å². The molecule has 0 radical (unpaired) electrons. The van der Waals surface area contributed by atoms with Gasteiger partial charge in [-0.25, -0.2) is 0 Å². The summed E-state index contributed by atoms with van der Waals surface area (Å²) in [6.45, 7) is 2.13. The summed E-state index contributed by atoms with van der Waals surface area (Å²) in [5.74, 6) is 0. The van der Waals surface area contributed by atoms with Crippen molar-refractivity contribution >= 4 is 21.5 Å². The molecule has 0 nitrogen and oxygen atoms in total. The molecule has 33 heavy (non-hydrogen) atoms. The van der Waals surface area contributed by atoms with E-state index in [4.69, 9.17) is 0 Å². The molecule has 0 aromatic heterocycles. The Bertz CT molecular complexity index is 1530. The largest absolute Gasteiger partial charge is 0.0622 e. The van der Waals surface area contributed by atoms with Crippen molar-refractivity contribution in [1.29, 1.82) is 0 Å². The molecule has 0 bridgehead atoms. The van der Waals surface area contributed by atoms with Crippen LogP contribution in [0.5, 0.6) is 0 Å². The van der Waals surface area contributed by atoms with Crippen LogP contribution in [0.2, 0.25) is 0 Å². The van der Waals surface area contributed by atoms with Gasteiger partial charge in [-0.2, -0.15) is 0 Å². The summed E-state index contributed by atoms with van der Waals surface area (Å²) < 4.78 is 0. The molecule has 0 N–H and O–H groups in total. The lowest BCUT2D eigenvalue weighted by Crippen LogP contribution is -1.91. The summed E-state index contributed by atoms with van der Waals surface area (Å²) in [6.07, 6.45) is 0. The Labute approximate surface area is 194 Å². The van der Waals surface area contributed by atoms with Gasteiger partial charge >= 0.3 is 0 Å². The van der Waals surface area contributed by atoms with Crippen molar-refractivity contribution in [3.8, 4) is 33.4 Å². The van der Waals surface area contributed by atoms with Crippen molar-refractivity contribution in [3.05, 3.63) is 133 Å². The molecule has 0 saturated carbocycles. The summed E-state index contributed by atoms with van der Waals surface area (Å²) in [7, 11) is 0. The van der Waals surface area contributed by atoms with Crippen molar-refractivity contribution < 1.29 is 0 Å². The fraction of sp³-hybridized carbons (Fsp3) is 0.0303. The molecule has 6 rings (SSSR count). The fourth-order valence-corrected chi connectivity index (χ4v) is 4.96. The van der Waals surface area contributed by atoms with Crippen LogP contribution in [0.4, 0.5) is 0 Å². The maximum absolute atomic E-state index is 2.33. The minimum atomic E-state index is 1.24. The molecular weight excluding hydrogens is 396 g/mol. The molecule has 0 atom stereocenters. The molecule has 6 aromatic rings. The van der Waals surface area contributed by atoms with Gasteiger partial charge in [-0.15, -0.1) is 0 Å². The quantitative estimate of drug-likeness (QED) is 0.250. The first-order chi connectivity index (χ1) is 16.3. The second-order valence-electron chi connectivity index (χ2n) is 8.65. The third kappa shape index (κ3) is 3.41. The van der Waals surface area contributed by atoms with E-state index in [1.807, 2.05) is 0 Å². The first-order valence-corrected chi connectivity index (χ1v) is 11.5. The molecule has 6 aromatic carbocycles. The van der Waals surface area contributed by atoms with Crippen molar-refractivity contribution in [2.45, 2.75) is 6.92 Å². The summed E-state index contributed by atoms with van der Waals surface area (Å²) >= 11 is 0. The van der Waals surface area contributed by atoms with E-state index in [2.05, 4.69) is 134 Å². The lowest BCUT2D eigenvalue weighted by atomic mass is 9.85. The average molecular weight is 421 g/mol. The predicted octanol–water partition coefficient (Wildman–Crippen LogP) is 9.30. The standard InChI is InChI=1S/C33H24/c1-23-18-20-24(21-19-23)26-12-9-13-27(22-26)33-30-16-7-5-14-28(30)32(25-10-3-2-4-11-25)29-15-6-8-17-31(29)33/h2-22H,1H3. The number of hydrogen-bond donors (Lipinski definition) is 0. The van der Waals surface area contributed by atoms with Gasteiger partial charge in [-0.3, -0.25) is 0 Å². The van der Waals surface area contributed by atoms with E-state index in [9.17, 15) is 0 Å². The highest BCUT2D eigenvalue weighted by atomic mass is 14.2. The Morgan fingerprint density at radius 2 is 0.788 bits per heavy atom. The van der Waals surface area contributed by atoms with Crippen molar-refractivity contribution in [3.63, 3.8) is 0 Å². The van der Waals surface area contributed by atoms with E-state index < -0.39 is 0 Å². The molecule has 0 aliphatic heterocycles. The Hall–Kier alpha value is -4.16. The zero-order valence-electron chi connectivity index (χ0n) is 18.6. The molecule has 0 heteroatoms. The van der Waals surface area contributed by atoms with Crippen LogP contribution >= 0.6 is 0 Å². The minimum Gasteiger partial charge on any atom is -0.0622 e. The lowest BCUT2D eigenvalue weighted by molar-refractivity contribution is 1.47. The van der Waals surface area contributed by atoms with Crippen LogP contribution in [0.25, 0.3) is 54.9 Å². The van der Waals surface area contributed by atoms with E-state index in [0.717, 1.165) is 0 Å². The molecule has 0 amide bonds. The van der Waals surface area contributed by atoms with E-state index >= 15 is 0 Å². The maximum Gasteiger partial charge on any atom is -0.00262 e. The van der Waals surface area contributed by atoms with Gasteiger partial charge in [0, 0.05) is 0 Å². The smallest absolute Gasteiger partial charge is 0.00262 e. The van der Waals surface area contributed by atoms with E-state index in [1.54, 1.807) is 0 Å². The number of hydrogen-bond acceptors (Lipinski definition) is 0. The van der Waals surface area contributed by atoms with E-state index in [0.29, 0.717) is 0 Å². The van der Waals surface area contributed by atoms with Crippen LogP contribution in [0.3, 0.4) is 0 Å². The maximum atomic E-state index is 2.33. The summed E-state index contributed by atoms with van der Waals surface area (Å²) in [6, 6.07) is 46.2. The Morgan fingerprint density at radius 3 is 1.36 bits per heavy atom. The normalized spacial score (nSPS) is 11.2. The van der Waals surface area contributed by atoms with Crippen LogP contribution in [-0.4, -0.2) is 0 Å². The second kappa shape index (κ2) is 8.07. The van der Waals surface area contributed by atoms with Gasteiger partial charge in [0.25, 0.3) is 0 Å². The Balaban J connectivity index is 1.68. The fourth-order valence-electron chi connectivity index (χ4n) is 4.96. The Kier molecular flexibility index (Phi) is 4.78. The highest BCUT2D eigenvalue weighted by Crippen LogP contribution is 2.43. The molecule has 0 spiro atoms. The molecule has 0 fully saturated rings. The summed E-state index contributed by atoms with van der Waals surface area (Å²) in [5.41, 5.74) is 8.88. The lowest BCUT2D eigenvalue weighted by Gasteiger charge is -2.18. The van der Waals surface area contributed by atoms with Crippen molar-refractivity contribution in [2.24, 2.45) is 0 Å². The van der Waals surface area contributed by atoms with Gasteiger partial charge in [0.1, 0.15) is 0 Å². The SMILES string of the molecule is Cc1ccc(-c2cccc(-c3c4ccccc4c(-c4ccccc4)c4ccccc34)c2)cc1. The van der Waals surface area contributed by atoms with Gasteiger partial charge in [0.2, 0.25) is 0 Å². The molecule has 0 heterocycles. The first kappa shape index (κ1) is 19.5. The third-order valence-corrected chi connectivity index (χ3v) is 6.53. The first-order valence-electron chi connectivity index (χ1n) is 11.5. The van der Waals surface area contributed by atoms with Crippen LogP contribution in [-0.2, 0) is 0 Å². The highest BCUT2D eigenvalue weighted by molar-refractivity contribution is 6.21. The van der Waals surface area contributed by atoms with Gasteiger partial charge in [-0.05, 0) is 67.9 Å². The average Bonchev–Trinajstić information content (AvgIpc) is 2.88. The molecule has 0 unspecified atom stereocenters. The Morgan fingerprint density at radius 1 is 0.333 bits per heavy atom. The van der Waals surface area contributed by atoms with Crippen molar-refractivity contribution in [2.75, 3.05) is 0 Å². The number of benzene rings is 6. The number of fused-ring (bicyclic) bond motifs is 2. The topological polar surface area (TPSA) is 0 Å². The third-order valence-electron chi connectivity index (χ3n) is 6.53. The van der Waals surface area contributed by atoms with Gasteiger partial charge < -0.3 is 0 Å². The van der Waals surface area contributed by atoms with Gasteiger partial charge in [-0.1, -0.05) is 127 Å². The summed E-state index contributed by atoms with van der Waals surface area (Å²) in [5, 5.41) is 5.16. The van der Waals surface area contributed by atoms with Gasteiger partial charge in [0.05, 0.1) is 0 Å². The predicted molar refractivity (Wildman–Crippen MR) is 142 cm³/mol. The zero-order chi connectivity index (χ0) is 22.2. The minimum absolute atomic E-state index is 1.24. The molecule has 0 aliphatic rings. The second-order valence-corrected chi connectivity index (χ2v) is 8.65. The molecule has 0 saturated heterocycles. The summed E-state index contributed by atoms with van der Waals surface area (Å²) in [4.78, 5) is 0. The molecular formula is C33H24. The monoisotopic (exact) mass is 420 g/mol. The van der Waals surface area contributed by atoms with Crippen LogP contribution < -0.4 is 0 Å². The molecule has 0 aliphatic carbocycles. The highest BCUT2D eigenvalue weighted by Gasteiger charge is 2.16. The van der Waals surface area contributed by atoms with E-state index in [-0.39, 0.29) is 0 Å². The number of aryl methyl sites for hydroxylation is 1. The molecule has 156 valence electrons. The van der Waals surface area contributed by atoms with Crippen LogP contribution in [0.15, 0.2) is 127 Å².